The maximum absolute atomic E-state index is 6.27. The number of halogens is 1. The Balaban J connectivity index is 2.28. The predicted molar refractivity (Wildman–Crippen MR) is 76.6 cm³/mol. The van der Waals surface area contributed by atoms with Crippen LogP contribution in [0.1, 0.15) is 22.9 Å². The Hall–Kier alpha value is -1.52. The Morgan fingerprint density at radius 2 is 2.11 bits per heavy atom. The summed E-state index contributed by atoms with van der Waals surface area (Å²) in [5.74, 6) is 0.799. The van der Waals surface area contributed by atoms with E-state index in [9.17, 15) is 0 Å². The fourth-order valence-corrected chi connectivity index (χ4v) is 2.46. The molecule has 1 unspecified atom stereocenters. The third kappa shape index (κ3) is 2.74. The molecule has 2 rings (SSSR count). The monoisotopic (exact) mass is 279 g/mol. The Morgan fingerprint density at radius 1 is 1.42 bits per heavy atom. The molecule has 0 spiro atoms. The van der Waals surface area contributed by atoms with Crippen molar-refractivity contribution in [2.45, 2.75) is 19.4 Å². The van der Waals surface area contributed by atoms with Gasteiger partial charge in [-0.2, -0.15) is 5.10 Å². The van der Waals surface area contributed by atoms with Crippen LogP contribution in [0, 0.1) is 6.92 Å². The smallest absolute Gasteiger partial charge is 0.130 e. The Bertz CT molecular complexity index is 580. The highest BCUT2D eigenvalue weighted by Gasteiger charge is 2.18. The lowest BCUT2D eigenvalue weighted by Crippen LogP contribution is -2.15. The number of ether oxygens (including phenoxy) is 1. The second kappa shape index (κ2) is 5.63. The lowest BCUT2D eigenvalue weighted by Gasteiger charge is -2.15. The molecule has 1 heterocycles. The Morgan fingerprint density at radius 3 is 2.68 bits per heavy atom. The highest BCUT2D eigenvalue weighted by atomic mass is 35.5. The summed E-state index contributed by atoms with van der Waals surface area (Å²) < 4.78 is 7.00. The van der Waals surface area contributed by atoms with E-state index in [1.807, 2.05) is 38.2 Å². The number of nitrogens with two attached hydrogens (primary N) is 1. The number of hydrogen-bond donors (Lipinski definition) is 1. The van der Waals surface area contributed by atoms with Crippen molar-refractivity contribution in [3.63, 3.8) is 0 Å². The van der Waals surface area contributed by atoms with Gasteiger partial charge in [-0.15, -0.1) is 0 Å². The molecule has 0 saturated heterocycles. The molecule has 5 heteroatoms. The van der Waals surface area contributed by atoms with E-state index < -0.39 is 0 Å². The molecule has 0 aliphatic rings. The summed E-state index contributed by atoms with van der Waals surface area (Å²) >= 11 is 6.23. The van der Waals surface area contributed by atoms with Crippen LogP contribution in [0.15, 0.2) is 24.3 Å². The number of para-hydroxylation sites is 1. The summed E-state index contributed by atoms with van der Waals surface area (Å²) in [7, 11) is 3.47. The topological polar surface area (TPSA) is 53.1 Å². The second-order valence-corrected chi connectivity index (χ2v) is 4.89. The van der Waals surface area contributed by atoms with Gasteiger partial charge in [0.2, 0.25) is 0 Å². The van der Waals surface area contributed by atoms with Crippen molar-refractivity contribution >= 4 is 11.6 Å². The molecule has 102 valence electrons. The molecule has 0 fully saturated rings. The van der Waals surface area contributed by atoms with Crippen LogP contribution in [0.5, 0.6) is 5.75 Å². The molecule has 0 saturated carbocycles. The standard InChI is InChI=1S/C14H18ClN3O/c1-9-11(14(15)18(2)17-9)8-12(16)10-6-4-5-7-13(10)19-3/h4-7,12H,8,16H2,1-3H3. The normalized spacial score (nSPS) is 12.5. The first kappa shape index (κ1) is 13.9. The van der Waals surface area contributed by atoms with Crippen molar-refractivity contribution in [1.29, 1.82) is 0 Å². The largest absolute Gasteiger partial charge is 0.496 e. The quantitative estimate of drug-likeness (QED) is 0.936. The van der Waals surface area contributed by atoms with Gasteiger partial charge in [0, 0.05) is 24.2 Å². The van der Waals surface area contributed by atoms with Gasteiger partial charge in [-0.25, -0.2) is 0 Å². The Kier molecular flexibility index (Phi) is 4.12. The van der Waals surface area contributed by atoms with Crippen LogP contribution in [0.25, 0.3) is 0 Å². The highest BCUT2D eigenvalue weighted by molar-refractivity contribution is 6.30. The number of benzene rings is 1. The molecule has 19 heavy (non-hydrogen) atoms. The molecular formula is C14H18ClN3O. The number of aromatic nitrogens is 2. The zero-order valence-electron chi connectivity index (χ0n) is 11.4. The fourth-order valence-electron chi connectivity index (χ4n) is 2.21. The minimum Gasteiger partial charge on any atom is -0.496 e. The van der Waals surface area contributed by atoms with Crippen LogP contribution in [0.3, 0.4) is 0 Å². The first-order valence-electron chi connectivity index (χ1n) is 6.11. The van der Waals surface area contributed by atoms with Gasteiger partial charge in [0.15, 0.2) is 0 Å². The van der Waals surface area contributed by atoms with Gasteiger partial charge in [0.05, 0.1) is 12.8 Å². The molecule has 0 aliphatic carbocycles. The number of rotatable bonds is 4. The first-order valence-corrected chi connectivity index (χ1v) is 6.48. The third-order valence-electron chi connectivity index (χ3n) is 3.23. The van der Waals surface area contributed by atoms with E-state index in [1.54, 1.807) is 11.8 Å². The molecule has 1 aromatic carbocycles. The second-order valence-electron chi connectivity index (χ2n) is 4.53. The molecule has 2 aromatic rings. The van der Waals surface area contributed by atoms with Gasteiger partial charge in [0.25, 0.3) is 0 Å². The van der Waals surface area contributed by atoms with E-state index in [2.05, 4.69) is 5.10 Å². The Labute approximate surface area is 118 Å². The summed E-state index contributed by atoms with van der Waals surface area (Å²) in [6.07, 6.45) is 0.638. The summed E-state index contributed by atoms with van der Waals surface area (Å²) in [4.78, 5) is 0. The van der Waals surface area contributed by atoms with Crippen LogP contribution in [0.4, 0.5) is 0 Å². The SMILES string of the molecule is COc1ccccc1C(N)Cc1c(C)nn(C)c1Cl. The number of aryl methyl sites for hydroxylation is 2. The van der Waals surface area contributed by atoms with Crippen LogP contribution < -0.4 is 10.5 Å². The molecule has 0 aliphatic heterocycles. The van der Waals surface area contributed by atoms with Crippen molar-refractivity contribution < 1.29 is 4.74 Å². The van der Waals surface area contributed by atoms with E-state index in [0.29, 0.717) is 11.6 Å². The van der Waals surface area contributed by atoms with Gasteiger partial charge in [-0.3, -0.25) is 4.68 Å². The lowest BCUT2D eigenvalue weighted by molar-refractivity contribution is 0.405. The molecule has 1 atom stereocenters. The van der Waals surface area contributed by atoms with Crippen molar-refractivity contribution in [2.24, 2.45) is 12.8 Å². The van der Waals surface area contributed by atoms with Crippen LogP contribution >= 0.6 is 11.6 Å². The maximum atomic E-state index is 6.27. The maximum Gasteiger partial charge on any atom is 0.130 e. The summed E-state index contributed by atoms with van der Waals surface area (Å²) in [6, 6.07) is 7.60. The summed E-state index contributed by atoms with van der Waals surface area (Å²) in [6.45, 7) is 1.94. The molecule has 1 aromatic heterocycles. The summed E-state index contributed by atoms with van der Waals surface area (Å²) in [5, 5.41) is 4.94. The molecule has 2 N–H and O–H groups in total. The van der Waals surface area contributed by atoms with Gasteiger partial charge in [-0.05, 0) is 19.4 Å². The lowest BCUT2D eigenvalue weighted by atomic mass is 9.99. The van der Waals surface area contributed by atoms with Crippen LogP contribution in [-0.2, 0) is 13.5 Å². The van der Waals surface area contributed by atoms with Gasteiger partial charge >= 0.3 is 0 Å². The van der Waals surface area contributed by atoms with E-state index in [0.717, 1.165) is 22.6 Å². The van der Waals surface area contributed by atoms with Gasteiger partial charge in [-0.1, -0.05) is 29.8 Å². The number of nitrogens with zero attached hydrogens (tertiary/aromatic N) is 2. The third-order valence-corrected chi connectivity index (χ3v) is 3.71. The average molecular weight is 280 g/mol. The van der Waals surface area contributed by atoms with Gasteiger partial charge in [0.1, 0.15) is 10.9 Å². The molecule has 0 amide bonds. The first-order chi connectivity index (χ1) is 9.04. The molecule has 0 radical (unpaired) electrons. The minimum atomic E-state index is -0.170. The van der Waals surface area contributed by atoms with E-state index in [1.165, 1.54) is 0 Å². The zero-order chi connectivity index (χ0) is 14.0. The number of methoxy groups -OCH3 is 1. The molecular weight excluding hydrogens is 262 g/mol. The van der Waals surface area contributed by atoms with Crippen molar-refractivity contribution in [2.75, 3.05) is 7.11 Å². The van der Waals surface area contributed by atoms with E-state index in [4.69, 9.17) is 22.1 Å². The van der Waals surface area contributed by atoms with E-state index in [-0.39, 0.29) is 6.04 Å². The number of hydrogen-bond acceptors (Lipinski definition) is 3. The zero-order valence-corrected chi connectivity index (χ0v) is 12.1. The average Bonchev–Trinajstić information content (AvgIpc) is 2.65. The van der Waals surface area contributed by atoms with E-state index >= 15 is 0 Å². The predicted octanol–water partition coefficient (Wildman–Crippen LogP) is 2.63. The minimum absolute atomic E-state index is 0.170. The summed E-state index contributed by atoms with van der Waals surface area (Å²) in [5.41, 5.74) is 9.15. The molecule has 0 bridgehead atoms. The molecule has 4 nitrogen and oxygen atoms in total. The highest BCUT2D eigenvalue weighted by Crippen LogP contribution is 2.29. The fraction of sp³-hybridized carbons (Fsp3) is 0.357. The van der Waals surface area contributed by atoms with Gasteiger partial charge < -0.3 is 10.5 Å². The van der Waals surface area contributed by atoms with Crippen molar-refractivity contribution in [3.05, 3.63) is 46.2 Å². The van der Waals surface area contributed by atoms with Crippen molar-refractivity contribution in [1.82, 2.24) is 9.78 Å². The van der Waals surface area contributed by atoms with Crippen molar-refractivity contribution in [3.8, 4) is 5.75 Å². The van der Waals surface area contributed by atoms with Crippen LogP contribution in [0.2, 0.25) is 5.15 Å². The van der Waals surface area contributed by atoms with Crippen LogP contribution in [-0.4, -0.2) is 16.9 Å².